The van der Waals surface area contributed by atoms with Gasteiger partial charge in [-0.1, -0.05) is 50.1 Å². The van der Waals surface area contributed by atoms with Gasteiger partial charge in [0, 0.05) is 12.0 Å². The smallest absolute Gasteiger partial charge is 0.379 e. The Labute approximate surface area is 159 Å². The quantitative estimate of drug-likeness (QED) is 0.200. The lowest BCUT2D eigenvalue weighted by Crippen LogP contribution is -2.20. The van der Waals surface area contributed by atoms with E-state index in [0.29, 0.717) is 31.8 Å². The van der Waals surface area contributed by atoms with Crippen LogP contribution in [0, 0.1) is 0 Å². The lowest BCUT2D eigenvalue weighted by atomic mass is 10.1. The summed E-state index contributed by atoms with van der Waals surface area (Å²) in [6.45, 7) is 3.43. The highest BCUT2D eigenvalue weighted by Crippen LogP contribution is 2.01. The fourth-order valence-corrected chi connectivity index (χ4v) is 2.09. The van der Waals surface area contributed by atoms with Crippen molar-refractivity contribution in [3.63, 3.8) is 0 Å². The second-order valence-electron chi connectivity index (χ2n) is 5.73. The number of ketones is 1. The van der Waals surface area contributed by atoms with Crippen molar-refractivity contribution in [2.75, 3.05) is 39.6 Å². The zero-order chi connectivity index (χ0) is 19.7. The molecule has 0 atom stereocenters. The van der Waals surface area contributed by atoms with Gasteiger partial charge in [-0.05, 0) is 6.42 Å². The van der Waals surface area contributed by atoms with Crippen LogP contribution >= 0.6 is 0 Å². The lowest BCUT2D eigenvalue weighted by Gasteiger charge is -2.07. The Morgan fingerprint density at radius 1 is 0.778 bits per heavy atom. The molecule has 0 spiro atoms. The third kappa shape index (κ3) is 11.1. The normalized spacial score (nSPS) is 10.4. The summed E-state index contributed by atoms with van der Waals surface area (Å²) in [5.74, 6) is -1.78. The summed E-state index contributed by atoms with van der Waals surface area (Å²) < 4.78 is 20.4. The van der Waals surface area contributed by atoms with Crippen molar-refractivity contribution in [2.24, 2.45) is 0 Å². The Morgan fingerprint density at radius 3 is 2.00 bits per heavy atom. The number of unbranched alkanes of at least 4 members (excludes halogenated alkanes) is 2. The van der Waals surface area contributed by atoms with Crippen LogP contribution in [0.3, 0.4) is 0 Å². The molecule has 0 fully saturated rings. The Bertz CT molecular complexity index is 557. The van der Waals surface area contributed by atoms with Crippen molar-refractivity contribution in [2.45, 2.75) is 32.6 Å². The molecule has 0 aliphatic carbocycles. The van der Waals surface area contributed by atoms with Crippen LogP contribution in [0.25, 0.3) is 0 Å². The molecule has 0 aromatic heterocycles. The third-order valence-electron chi connectivity index (χ3n) is 3.53. The maximum Gasteiger partial charge on any atom is 0.379 e. The minimum absolute atomic E-state index is 0.00716. The summed E-state index contributed by atoms with van der Waals surface area (Å²) in [5, 5.41) is 0. The van der Waals surface area contributed by atoms with Gasteiger partial charge >= 0.3 is 11.9 Å². The van der Waals surface area contributed by atoms with Crippen LogP contribution in [0.4, 0.5) is 0 Å². The van der Waals surface area contributed by atoms with Gasteiger partial charge in [-0.2, -0.15) is 0 Å². The van der Waals surface area contributed by atoms with E-state index in [4.69, 9.17) is 18.9 Å². The second-order valence-corrected chi connectivity index (χ2v) is 5.73. The summed E-state index contributed by atoms with van der Waals surface area (Å²) in [6.07, 6.45) is 3.39. The Hall–Kier alpha value is -2.25. The van der Waals surface area contributed by atoms with Crippen molar-refractivity contribution < 1.29 is 33.3 Å². The average Bonchev–Trinajstić information content (AvgIpc) is 2.69. The van der Waals surface area contributed by atoms with Crippen molar-refractivity contribution in [1.82, 2.24) is 0 Å². The van der Waals surface area contributed by atoms with Crippen molar-refractivity contribution in [3.8, 4) is 0 Å². The largest absolute Gasteiger partial charge is 0.463 e. The van der Waals surface area contributed by atoms with E-state index in [-0.39, 0.29) is 25.8 Å². The molecule has 7 nitrogen and oxygen atoms in total. The standard InChI is InChI=1S/C20H28O7/c1-2-3-5-10-18(21)26-15-13-24-11-12-25-14-16-27-20(23)19(22)17-8-6-4-7-9-17/h4,6-9H,2-3,5,10-16H2,1H3. The topological polar surface area (TPSA) is 88.1 Å². The van der Waals surface area contributed by atoms with E-state index in [0.717, 1.165) is 19.3 Å². The summed E-state index contributed by atoms with van der Waals surface area (Å²) in [7, 11) is 0. The molecule has 0 heterocycles. The van der Waals surface area contributed by atoms with Crippen LogP contribution in [0.2, 0.25) is 0 Å². The molecule has 0 amide bonds. The molecule has 0 aliphatic rings. The van der Waals surface area contributed by atoms with E-state index in [9.17, 15) is 14.4 Å². The first-order valence-corrected chi connectivity index (χ1v) is 9.22. The number of ether oxygens (including phenoxy) is 4. The summed E-state index contributed by atoms with van der Waals surface area (Å²) in [6, 6.07) is 8.23. The zero-order valence-electron chi connectivity index (χ0n) is 15.8. The lowest BCUT2D eigenvalue weighted by molar-refractivity contribution is -0.145. The Balaban J connectivity index is 1.92. The van der Waals surface area contributed by atoms with Crippen molar-refractivity contribution in [3.05, 3.63) is 35.9 Å². The van der Waals surface area contributed by atoms with Gasteiger partial charge in [0.05, 0.1) is 26.4 Å². The van der Waals surface area contributed by atoms with E-state index < -0.39 is 11.8 Å². The van der Waals surface area contributed by atoms with Gasteiger partial charge in [-0.15, -0.1) is 0 Å². The highest BCUT2D eigenvalue weighted by molar-refractivity contribution is 6.40. The number of carbonyl (C=O) groups excluding carboxylic acids is 3. The number of carbonyl (C=O) groups is 3. The summed E-state index contributed by atoms with van der Waals surface area (Å²) in [5.41, 5.74) is 0.294. The molecule has 0 saturated carbocycles. The third-order valence-corrected chi connectivity index (χ3v) is 3.53. The molecule has 150 valence electrons. The van der Waals surface area contributed by atoms with Gasteiger partial charge < -0.3 is 18.9 Å². The second kappa shape index (κ2) is 14.9. The molecule has 0 N–H and O–H groups in total. The van der Waals surface area contributed by atoms with Gasteiger partial charge in [-0.25, -0.2) is 4.79 Å². The first-order chi connectivity index (χ1) is 13.1. The maximum absolute atomic E-state index is 11.8. The number of rotatable bonds is 15. The molecular weight excluding hydrogens is 352 g/mol. The monoisotopic (exact) mass is 380 g/mol. The molecule has 0 saturated heterocycles. The fraction of sp³-hybridized carbons (Fsp3) is 0.550. The summed E-state index contributed by atoms with van der Waals surface area (Å²) in [4.78, 5) is 34.7. The van der Waals surface area contributed by atoms with E-state index in [1.54, 1.807) is 30.3 Å². The number of hydrogen-bond acceptors (Lipinski definition) is 7. The number of Topliss-reactive ketones (excluding diaryl/α,β-unsaturated/α-hetero) is 1. The highest BCUT2D eigenvalue weighted by atomic mass is 16.6. The van der Waals surface area contributed by atoms with Gasteiger partial charge in [0.2, 0.25) is 0 Å². The van der Waals surface area contributed by atoms with Crippen LogP contribution < -0.4 is 0 Å². The van der Waals surface area contributed by atoms with Crippen LogP contribution in [0.1, 0.15) is 43.0 Å². The SMILES string of the molecule is CCCCCC(=O)OCCOCCOCCOC(=O)C(=O)c1ccccc1. The van der Waals surface area contributed by atoms with Crippen LogP contribution in [0.5, 0.6) is 0 Å². The van der Waals surface area contributed by atoms with Crippen LogP contribution in [0.15, 0.2) is 30.3 Å². The minimum Gasteiger partial charge on any atom is -0.463 e. The van der Waals surface area contributed by atoms with Gasteiger partial charge in [0.1, 0.15) is 13.2 Å². The van der Waals surface area contributed by atoms with Gasteiger partial charge in [0.15, 0.2) is 0 Å². The molecule has 0 radical (unpaired) electrons. The Morgan fingerprint density at radius 2 is 1.37 bits per heavy atom. The van der Waals surface area contributed by atoms with E-state index >= 15 is 0 Å². The minimum atomic E-state index is -0.901. The number of esters is 2. The predicted octanol–water partition coefficient (Wildman–Crippen LogP) is 2.57. The molecule has 7 heteroatoms. The summed E-state index contributed by atoms with van der Waals surface area (Å²) >= 11 is 0. The maximum atomic E-state index is 11.8. The molecule has 1 rings (SSSR count). The van der Waals surface area contributed by atoms with Crippen LogP contribution in [-0.2, 0) is 28.5 Å². The van der Waals surface area contributed by atoms with E-state index in [1.165, 1.54) is 0 Å². The molecular formula is C20H28O7. The first kappa shape index (κ1) is 22.8. The van der Waals surface area contributed by atoms with E-state index in [2.05, 4.69) is 6.92 Å². The molecule has 0 unspecified atom stereocenters. The fourth-order valence-electron chi connectivity index (χ4n) is 2.09. The molecule has 1 aromatic rings. The number of hydrogen-bond donors (Lipinski definition) is 0. The number of benzene rings is 1. The molecule has 27 heavy (non-hydrogen) atoms. The van der Waals surface area contributed by atoms with Crippen molar-refractivity contribution >= 4 is 17.7 Å². The molecule has 0 aliphatic heterocycles. The predicted molar refractivity (Wildman–Crippen MR) is 98.5 cm³/mol. The molecule has 1 aromatic carbocycles. The average molecular weight is 380 g/mol. The van der Waals surface area contributed by atoms with Crippen molar-refractivity contribution in [1.29, 1.82) is 0 Å². The van der Waals surface area contributed by atoms with E-state index in [1.807, 2.05) is 0 Å². The van der Waals surface area contributed by atoms with Gasteiger partial charge in [-0.3, -0.25) is 9.59 Å². The highest BCUT2D eigenvalue weighted by Gasteiger charge is 2.16. The first-order valence-electron chi connectivity index (χ1n) is 9.22. The van der Waals surface area contributed by atoms with Crippen LogP contribution in [-0.4, -0.2) is 57.4 Å². The molecule has 0 bridgehead atoms. The Kier molecular flexibility index (Phi) is 12.6. The van der Waals surface area contributed by atoms with Gasteiger partial charge in [0.25, 0.3) is 5.78 Å². The zero-order valence-corrected chi connectivity index (χ0v) is 15.8.